The Hall–Kier alpha value is -2.92. The Bertz CT molecular complexity index is 851. The van der Waals surface area contributed by atoms with Gasteiger partial charge in [0.05, 0.1) is 4.92 Å². The van der Waals surface area contributed by atoms with E-state index in [1.165, 1.54) is 0 Å². The van der Waals surface area contributed by atoms with Crippen molar-refractivity contribution in [3.63, 3.8) is 0 Å². The maximum absolute atomic E-state index is 14.5. The standard InChI is InChI=1S/C14H14F4N6O2/c15-6-7(16)9(18)11(24(25)26)10(8(6)17)23-13(20)21-12(19)22-14(23)4-2-1-3-5-14/h1-5H2,(H4,19,20,21,22). The summed E-state index contributed by atoms with van der Waals surface area (Å²) in [5.74, 6) is -9.33. The predicted octanol–water partition coefficient (Wildman–Crippen LogP) is 2.26. The number of aliphatic imine (C=N–C) groups is 2. The smallest absolute Gasteiger partial charge is 0.334 e. The lowest BCUT2D eigenvalue weighted by molar-refractivity contribution is -0.387. The highest BCUT2D eigenvalue weighted by Gasteiger charge is 2.48. The fraction of sp³-hybridized carbons (Fsp3) is 0.429. The van der Waals surface area contributed by atoms with Gasteiger partial charge in [-0.3, -0.25) is 15.0 Å². The van der Waals surface area contributed by atoms with Crippen LogP contribution in [0.5, 0.6) is 0 Å². The number of hydrogen-bond acceptors (Lipinski definition) is 7. The van der Waals surface area contributed by atoms with E-state index >= 15 is 0 Å². The van der Waals surface area contributed by atoms with Gasteiger partial charge in [0.2, 0.25) is 23.6 Å². The van der Waals surface area contributed by atoms with Crippen molar-refractivity contribution >= 4 is 23.3 Å². The van der Waals surface area contributed by atoms with Crippen LogP contribution in [0.2, 0.25) is 0 Å². The van der Waals surface area contributed by atoms with Gasteiger partial charge in [-0.25, -0.2) is 18.2 Å². The van der Waals surface area contributed by atoms with Crippen LogP contribution in [0.4, 0.5) is 28.9 Å². The number of guanidine groups is 2. The summed E-state index contributed by atoms with van der Waals surface area (Å²) in [6.45, 7) is 0. The molecule has 0 amide bonds. The molecule has 1 aliphatic heterocycles. The van der Waals surface area contributed by atoms with E-state index in [2.05, 4.69) is 9.98 Å². The molecule has 4 N–H and O–H groups in total. The number of hydrogen-bond donors (Lipinski definition) is 2. The molecule has 0 bridgehead atoms. The summed E-state index contributed by atoms with van der Waals surface area (Å²) in [6.07, 6.45) is 2.45. The highest BCUT2D eigenvalue weighted by molar-refractivity contribution is 6.06. The van der Waals surface area contributed by atoms with E-state index in [-0.39, 0.29) is 18.8 Å². The molecule has 140 valence electrons. The van der Waals surface area contributed by atoms with Gasteiger partial charge in [-0.2, -0.15) is 9.38 Å². The van der Waals surface area contributed by atoms with Gasteiger partial charge in [-0.15, -0.1) is 0 Å². The van der Waals surface area contributed by atoms with Gasteiger partial charge >= 0.3 is 5.69 Å². The van der Waals surface area contributed by atoms with Gasteiger partial charge in [0.1, 0.15) is 5.66 Å². The fourth-order valence-electron chi connectivity index (χ4n) is 3.42. The maximum Gasteiger partial charge on any atom is 0.334 e. The molecule has 12 heteroatoms. The van der Waals surface area contributed by atoms with Crippen molar-refractivity contribution in [2.75, 3.05) is 4.90 Å². The maximum atomic E-state index is 14.5. The molecule has 0 atom stereocenters. The zero-order valence-corrected chi connectivity index (χ0v) is 13.3. The van der Waals surface area contributed by atoms with Crippen LogP contribution in [-0.2, 0) is 0 Å². The number of nitrogens with two attached hydrogens (primary N) is 2. The van der Waals surface area contributed by atoms with E-state index in [0.717, 1.165) is 11.3 Å². The minimum Gasteiger partial charge on any atom is -0.369 e. The molecule has 0 radical (unpaired) electrons. The van der Waals surface area contributed by atoms with E-state index in [1.807, 2.05) is 0 Å². The molecule has 0 unspecified atom stereocenters. The van der Waals surface area contributed by atoms with Gasteiger partial charge in [-0.1, -0.05) is 6.42 Å². The normalized spacial score (nSPS) is 19.3. The molecule has 1 aromatic carbocycles. The van der Waals surface area contributed by atoms with Crippen LogP contribution in [0, 0.1) is 33.4 Å². The molecule has 8 nitrogen and oxygen atoms in total. The molecule has 1 heterocycles. The summed E-state index contributed by atoms with van der Waals surface area (Å²) < 4.78 is 56.0. The summed E-state index contributed by atoms with van der Waals surface area (Å²) in [4.78, 5) is 18.5. The zero-order chi connectivity index (χ0) is 19.2. The van der Waals surface area contributed by atoms with Crippen LogP contribution >= 0.6 is 0 Å². The first-order valence-electron chi connectivity index (χ1n) is 7.69. The molecule has 2 aliphatic rings. The van der Waals surface area contributed by atoms with Gasteiger partial charge in [0, 0.05) is 0 Å². The minimum atomic E-state index is -2.29. The first kappa shape index (κ1) is 17.9. The van der Waals surface area contributed by atoms with Crippen LogP contribution in [0.25, 0.3) is 0 Å². The van der Waals surface area contributed by atoms with Crippen molar-refractivity contribution in [2.24, 2.45) is 21.5 Å². The predicted molar refractivity (Wildman–Crippen MR) is 84.5 cm³/mol. The topological polar surface area (TPSA) is 123 Å². The van der Waals surface area contributed by atoms with Crippen molar-refractivity contribution < 1.29 is 22.5 Å². The third-order valence-electron chi connectivity index (χ3n) is 4.48. The fourth-order valence-corrected chi connectivity index (χ4v) is 3.42. The molecule has 1 fully saturated rings. The van der Waals surface area contributed by atoms with Gasteiger partial charge in [0.25, 0.3) is 0 Å². The first-order valence-corrected chi connectivity index (χ1v) is 7.69. The molecule has 1 aliphatic carbocycles. The van der Waals surface area contributed by atoms with Gasteiger partial charge in [0.15, 0.2) is 17.3 Å². The zero-order valence-electron chi connectivity index (χ0n) is 13.3. The highest BCUT2D eigenvalue weighted by atomic mass is 19.2. The number of benzene rings is 1. The van der Waals surface area contributed by atoms with E-state index in [9.17, 15) is 27.7 Å². The molecule has 1 spiro atoms. The third-order valence-corrected chi connectivity index (χ3v) is 4.48. The van der Waals surface area contributed by atoms with Crippen LogP contribution in [0.1, 0.15) is 32.1 Å². The van der Waals surface area contributed by atoms with Crippen molar-refractivity contribution in [1.29, 1.82) is 0 Å². The van der Waals surface area contributed by atoms with Crippen LogP contribution in [-0.4, -0.2) is 22.5 Å². The molecule has 0 aromatic heterocycles. The van der Waals surface area contributed by atoms with E-state index in [0.29, 0.717) is 12.8 Å². The number of nitro groups is 1. The van der Waals surface area contributed by atoms with Crippen LogP contribution in [0.15, 0.2) is 9.98 Å². The second-order valence-corrected chi connectivity index (χ2v) is 6.03. The number of halogens is 4. The minimum absolute atomic E-state index is 0.237. The Morgan fingerprint density at radius 3 is 2.15 bits per heavy atom. The number of nitro benzene ring substituents is 1. The molecule has 1 aromatic rings. The Kier molecular flexibility index (Phi) is 4.20. The third kappa shape index (κ3) is 2.52. The monoisotopic (exact) mass is 374 g/mol. The van der Waals surface area contributed by atoms with Crippen molar-refractivity contribution in [3.05, 3.63) is 33.4 Å². The van der Waals surface area contributed by atoms with Crippen molar-refractivity contribution in [3.8, 4) is 0 Å². The molecule has 3 rings (SSSR count). The molecular weight excluding hydrogens is 360 g/mol. The van der Waals surface area contributed by atoms with E-state index in [1.54, 1.807) is 0 Å². The number of rotatable bonds is 2. The summed E-state index contributed by atoms with van der Waals surface area (Å²) in [6, 6.07) is 0. The number of anilines is 1. The van der Waals surface area contributed by atoms with Crippen molar-refractivity contribution in [1.82, 2.24) is 0 Å². The first-order chi connectivity index (χ1) is 12.2. The Morgan fingerprint density at radius 2 is 1.58 bits per heavy atom. The molecule has 1 saturated carbocycles. The highest BCUT2D eigenvalue weighted by Crippen LogP contribution is 2.45. The lowest BCUT2D eigenvalue weighted by Gasteiger charge is -2.45. The summed E-state index contributed by atoms with van der Waals surface area (Å²) in [5, 5.41) is 11.3. The summed E-state index contributed by atoms with van der Waals surface area (Å²) in [5.41, 5.74) is 7.24. The average molecular weight is 374 g/mol. The molecule has 0 saturated heterocycles. The van der Waals surface area contributed by atoms with Crippen molar-refractivity contribution in [2.45, 2.75) is 37.8 Å². The van der Waals surface area contributed by atoms with Gasteiger partial charge in [-0.05, 0) is 25.7 Å². The summed E-state index contributed by atoms with van der Waals surface area (Å²) in [7, 11) is 0. The lowest BCUT2D eigenvalue weighted by atomic mass is 9.87. The van der Waals surface area contributed by atoms with E-state index in [4.69, 9.17) is 11.5 Å². The second-order valence-electron chi connectivity index (χ2n) is 6.03. The Morgan fingerprint density at radius 1 is 1.00 bits per heavy atom. The van der Waals surface area contributed by atoms with Gasteiger partial charge < -0.3 is 11.5 Å². The molecule has 26 heavy (non-hydrogen) atoms. The van der Waals surface area contributed by atoms with Crippen LogP contribution in [0.3, 0.4) is 0 Å². The lowest BCUT2D eigenvalue weighted by Crippen LogP contribution is -2.58. The Labute approximate surface area is 144 Å². The molecular formula is C14H14F4N6O2. The quantitative estimate of drug-likeness (QED) is 0.270. The largest absolute Gasteiger partial charge is 0.369 e. The second kappa shape index (κ2) is 6.11. The summed E-state index contributed by atoms with van der Waals surface area (Å²) >= 11 is 0. The average Bonchev–Trinajstić information content (AvgIpc) is 2.57. The van der Waals surface area contributed by atoms with Crippen LogP contribution < -0.4 is 16.4 Å². The Balaban J connectivity index is 2.34. The SMILES string of the molecule is NC1=NC2(CCCCC2)N(c2c(F)c(F)c(F)c(F)c2[N+](=O)[O-])C(N)=N1. The van der Waals surface area contributed by atoms with E-state index < -0.39 is 51.2 Å². The number of nitrogens with zero attached hydrogens (tertiary/aromatic N) is 4.